The number of halogens is 1. The summed E-state index contributed by atoms with van der Waals surface area (Å²) >= 11 is 5.29. The zero-order valence-corrected chi connectivity index (χ0v) is 12.4. The zero-order valence-electron chi connectivity index (χ0n) is 9.95. The number of nitriles is 1. The van der Waals surface area contributed by atoms with Crippen molar-refractivity contribution in [1.82, 2.24) is 0 Å². The molecule has 90 valence electrons. The van der Waals surface area contributed by atoms with Crippen LogP contribution < -0.4 is 0 Å². The van der Waals surface area contributed by atoms with Gasteiger partial charge in [-0.25, -0.2) is 0 Å². The summed E-state index contributed by atoms with van der Waals surface area (Å²) in [6.45, 7) is 2.28. The molecule has 0 atom stereocenters. The van der Waals surface area contributed by atoms with E-state index in [0.29, 0.717) is 0 Å². The largest absolute Gasteiger partial charge is 0.197 e. The van der Waals surface area contributed by atoms with Crippen LogP contribution in [0.25, 0.3) is 0 Å². The van der Waals surface area contributed by atoms with E-state index in [1.165, 1.54) is 17.7 Å². The lowest BCUT2D eigenvalue weighted by Crippen LogP contribution is -2.28. The van der Waals surface area contributed by atoms with Gasteiger partial charge in [-0.3, -0.25) is 0 Å². The molecule has 0 N–H and O–H groups in total. The highest BCUT2D eigenvalue weighted by atomic mass is 79.9. The van der Waals surface area contributed by atoms with Crippen LogP contribution in [0.15, 0.2) is 33.6 Å². The second-order valence-electron chi connectivity index (χ2n) is 4.82. The van der Waals surface area contributed by atoms with E-state index >= 15 is 0 Å². The summed E-state index contributed by atoms with van der Waals surface area (Å²) in [4.78, 5) is 1.18. The molecule has 2 rings (SSSR count). The molecule has 0 amide bonds. The third kappa shape index (κ3) is 3.05. The highest BCUT2D eigenvalue weighted by Crippen LogP contribution is 2.46. The van der Waals surface area contributed by atoms with E-state index in [1.807, 2.05) is 18.2 Å². The summed E-state index contributed by atoms with van der Waals surface area (Å²) in [5, 5.41) is 9.49. The first-order chi connectivity index (χ1) is 8.15. The van der Waals surface area contributed by atoms with Gasteiger partial charge < -0.3 is 0 Å². The molecule has 0 bridgehead atoms. The standard InChI is InChI=1S/C14H16BrNS/c1-11-6-8-14(10-16,9-7-11)17-13-5-3-2-4-12(13)15/h2-5,11H,6-9H2,1H3. The molecule has 1 fully saturated rings. The molecule has 0 spiro atoms. The molecule has 0 aromatic heterocycles. The van der Waals surface area contributed by atoms with Gasteiger partial charge in [-0.2, -0.15) is 5.26 Å². The second-order valence-corrected chi connectivity index (χ2v) is 7.10. The number of benzene rings is 1. The van der Waals surface area contributed by atoms with E-state index in [2.05, 4.69) is 35.0 Å². The molecule has 1 nitrogen and oxygen atoms in total. The normalized spacial score (nSPS) is 28.6. The lowest BCUT2D eigenvalue weighted by Gasteiger charge is -2.33. The van der Waals surface area contributed by atoms with E-state index in [4.69, 9.17) is 0 Å². The van der Waals surface area contributed by atoms with Gasteiger partial charge in [0.25, 0.3) is 0 Å². The highest BCUT2D eigenvalue weighted by molar-refractivity contribution is 9.10. The first kappa shape index (κ1) is 13.0. The van der Waals surface area contributed by atoms with Crippen LogP contribution in [0.5, 0.6) is 0 Å². The van der Waals surface area contributed by atoms with Crippen molar-refractivity contribution in [1.29, 1.82) is 5.26 Å². The predicted molar refractivity (Wildman–Crippen MR) is 76.0 cm³/mol. The molecule has 17 heavy (non-hydrogen) atoms. The van der Waals surface area contributed by atoms with Crippen LogP contribution in [-0.2, 0) is 0 Å². The molecule has 3 heteroatoms. The first-order valence-electron chi connectivity index (χ1n) is 6.00. The zero-order chi connectivity index (χ0) is 12.3. The van der Waals surface area contributed by atoms with Gasteiger partial charge in [0, 0.05) is 9.37 Å². The molecular formula is C14H16BrNS. The predicted octanol–water partition coefficient (Wildman–Crippen LogP) is 5.01. The average molecular weight is 310 g/mol. The Labute approximate surface area is 116 Å². The SMILES string of the molecule is CC1CCC(C#N)(Sc2ccccc2Br)CC1. The number of thioether (sulfide) groups is 1. The Hall–Kier alpha value is -0.460. The molecule has 1 aliphatic rings. The molecule has 0 aliphatic heterocycles. The number of nitrogens with zero attached hydrogens (tertiary/aromatic N) is 1. The molecule has 1 aromatic rings. The molecule has 0 saturated heterocycles. The first-order valence-corrected chi connectivity index (χ1v) is 7.61. The van der Waals surface area contributed by atoms with Crippen LogP contribution in [0.2, 0.25) is 0 Å². The fourth-order valence-electron chi connectivity index (χ4n) is 2.20. The van der Waals surface area contributed by atoms with E-state index in [-0.39, 0.29) is 4.75 Å². The Morgan fingerprint density at radius 3 is 2.59 bits per heavy atom. The van der Waals surface area contributed by atoms with Gasteiger partial charge in [0.2, 0.25) is 0 Å². The second kappa shape index (κ2) is 5.46. The van der Waals surface area contributed by atoms with Crippen molar-refractivity contribution >= 4 is 27.7 Å². The Morgan fingerprint density at radius 2 is 2.00 bits per heavy atom. The summed E-state index contributed by atoms with van der Waals surface area (Å²) in [5.41, 5.74) is 0. The molecule has 0 radical (unpaired) electrons. The van der Waals surface area contributed by atoms with E-state index in [9.17, 15) is 5.26 Å². The topological polar surface area (TPSA) is 23.8 Å². The summed E-state index contributed by atoms with van der Waals surface area (Å²) in [5.74, 6) is 0.774. The molecule has 1 aliphatic carbocycles. The van der Waals surface area contributed by atoms with E-state index in [1.54, 1.807) is 11.8 Å². The fourth-order valence-corrected chi connectivity index (χ4v) is 3.95. The molecule has 1 aromatic carbocycles. The van der Waals surface area contributed by atoms with Crippen LogP contribution in [0.4, 0.5) is 0 Å². The van der Waals surface area contributed by atoms with Gasteiger partial charge in [0.1, 0.15) is 4.75 Å². The Balaban J connectivity index is 2.16. The summed E-state index contributed by atoms with van der Waals surface area (Å²) < 4.78 is 0.884. The number of hydrogen-bond acceptors (Lipinski definition) is 2. The maximum absolute atomic E-state index is 9.49. The number of hydrogen-bond donors (Lipinski definition) is 0. The Morgan fingerprint density at radius 1 is 1.35 bits per heavy atom. The number of rotatable bonds is 2. The third-order valence-electron chi connectivity index (χ3n) is 3.43. The lowest BCUT2D eigenvalue weighted by atomic mass is 9.83. The lowest BCUT2D eigenvalue weighted by molar-refractivity contribution is 0.358. The quantitative estimate of drug-likeness (QED) is 0.766. The minimum absolute atomic E-state index is 0.212. The fraction of sp³-hybridized carbons (Fsp3) is 0.500. The highest BCUT2D eigenvalue weighted by Gasteiger charge is 2.35. The van der Waals surface area contributed by atoms with Gasteiger partial charge in [0.05, 0.1) is 6.07 Å². The van der Waals surface area contributed by atoms with Crippen molar-refractivity contribution in [3.05, 3.63) is 28.7 Å². The molecule has 1 saturated carbocycles. The van der Waals surface area contributed by atoms with Crippen LogP contribution in [0, 0.1) is 17.2 Å². The average Bonchev–Trinajstić information content (AvgIpc) is 2.35. The van der Waals surface area contributed by atoms with Gasteiger partial charge in [-0.1, -0.05) is 19.1 Å². The van der Waals surface area contributed by atoms with E-state index < -0.39 is 0 Å². The molecular weight excluding hydrogens is 294 g/mol. The summed E-state index contributed by atoms with van der Waals surface area (Å²) in [6, 6.07) is 10.7. The minimum atomic E-state index is -0.212. The minimum Gasteiger partial charge on any atom is -0.197 e. The monoisotopic (exact) mass is 309 g/mol. The van der Waals surface area contributed by atoms with Crippen molar-refractivity contribution in [3.63, 3.8) is 0 Å². The summed E-state index contributed by atoms with van der Waals surface area (Å²) in [6.07, 6.45) is 4.36. The summed E-state index contributed by atoms with van der Waals surface area (Å²) in [7, 11) is 0. The van der Waals surface area contributed by atoms with Gasteiger partial charge in [-0.05, 0) is 59.7 Å². The van der Waals surface area contributed by atoms with Crippen molar-refractivity contribution in [2.75, 3.05) is 0 Å². The van der Waals surface area contributed by atoms with Gasteiger partial charge in [0.15, 0.2) is 0 Å². The Kier molecular flexibility index (Phi) is 4.17. The van der Waals surface area contributed by atoms with Crippen LogP contribution >= 0.6 is 27.7 Å². The van der Waals surface area contributed by atoms with Crippen LogP contribution in [0.1, 0.15) is 32.6 Å². The smallest absolute Gasteiger partial charge is 0.107 e. The van der Waals surface area contributed by atoms with Crippen molar-refractivity contribution in [2.24, 2.45) is 5.92 Å². The maximum atomic E-state index is 9.49. The van der Waals surface area contributed by atoms with Crippen LogP contribution in [0.3, 0.4) is 0 Å². The van der Waals surface area contributed by atoms with Crippen molar-refractivity contribution < 1.29 is 0 Å². The maximum Gasteiger partial charge on any atom is 0.107 e. The van der Waals surface area contributed by atoms with Gasteiger partial charge in [-0.15, -0.1) is 11.8 Å². The van der Waals surface area contributed by atoms with Crippen molar-refractivity contribution in [2.45, 2.75) is 42.2 Å². The molecule has 0 unspecified atom stereocenters. The van der Waals surface area contributed by atoms with Crippen LogP contribution in [-0.4, -0.2) is 4.75 Å². The molecule has 0 heterocycles. The Bertz CT molecular complexity index is 430. The van der Waals surface area contributed by atoms with Gasteiger partial charge >= 0.3 is 0 Å². The van der Waals surface area contributed by atoms with E-state index in [0.717, 1.165) is 23.2 Å². The third-order valence-corrected chi connectivity index (χ3v) is 5.85. The van der Waals surface area contributed by atoms with Crippen molar-refractivity contribution in [3.8, 4) is 6.07 Å².